The van der Waals surface area contributed by atoms with Crippen molar-refractivity contribution in [1.29, 1.82) is 0 Å². The van der Waals surface area contributed by atoms with E-state index in [-0.39, 0.29) is 6.10 Å². The minimum atomic E-state index is 0.167. The van der Waals surface area contributed by atoms with E-state index in [9.17, 15) is 0 Å². The molecule has 2 heteroatoms. The van der Waals surface area contributed by atoms with E-state index in [4.69, 9.17) is 9.15 Å². The molecule has 0 fully saturated rings. The van der Waals surface area contributed by atoms with E-state index in [1.165, 1.54) is 11.1 Å². The van der Waals surface area contributed by atoms with Crippen molar-refractivity contribution in [2.45, 2.75) is 59.5 Å². The van der Waals surface area contributed by atoms with Gasteiger partial charge in [0.15, 0.2) is 0 Å². The first-order valence-corrected chi connectivity index (χ1v) is 7.12. The maximum atomic E-state index is 6.05. The zero-order valence-electron chi connectivity index (χ0n) is 12.8. The second-order valence-electron chi connectivity index (χ2n) is 6.02. The summed E-state index contributed by atoms with van der Waals surface area (Å²) in [6.07, 6.45) is 1.92. The minimum absolute atomic E-state index is 0.167. The molecule has 19 heavy (non-hydrogen) atoms. The summed E-state index contributed by atoms with van der Waals surface area (Å²) in [5.74, 6) is 1.86. The maximum Gasteiger partial charge on any atom is 0.141 e. The van der Waals surface area contributed by atoms with Crippen molar-refractivity contribution in [3.05, 3.63) is 29.5 Å². The molecular weight excluding hydrogens is 236 g/mol. The van der Waals surface area contributed by atoms with E-state index < -0.39 is 0 Å². The van der Waals surface area contributed by atoms with Crippen LogP contribution in [0.25, 0.3) is 11.0 Å². The molecule has 0 unspecified atom stereocenters. The summed E-state index contributed by atoms with van der Waals surface area (Å²) >= 11 is 0. The van der Waals surface area contributed by atoms with Crippen LogP contribution in [0.3, 0.4) is 0 Å². The molecule has 1 aromatic carbocycles. The van der Waals surface area contributed by atoms with Crippen molar-refractivity contribution >= 4 is 11.0 Å². The molecule has 0 spiro atoms. The smallest absolute Gasteiger partial charge is 0.141 e. The van der Waals surface area contributed by atoms with Gasteiger partial charge in [0.25, 0.3) is 0 Å². The first-order valence-electron chi connectivity index (χ1n) is 7.12. The van der Waals surface area contributed by atoms with Gasteiger partial charge in [-0.2, -0.15) is 0 Å². The molecule has 0 atom stereocenters. The van der Waals surface area contributed by atoms with Crippen LogP contribution in [0.1, 0.15) is 64.5 Å². The summed E-state index contributed by atoms with van der Waals surface area (Å²) in [6, 6.07) is 4.27. The van der Waals surface area contributed by atoms with Gasteiger partial charge in [0, 0.05) is 0 Å². The van der Waals surface area contributed by atoms with E-state index in [0.717, 1.165) is 16.7 Å². The Kier molecular flexibility index (Phi) is 3.88. The first-order chi connectivity index (χ1) is 8.91. The van der Waals surface area contributed by atoms with Gasteiger partial charge in [-0.1, -0.05) is 27.7 Å². The van der Waals surface area contributed by atoms with E-state index in [0.29, 0.717) is 11.8 Å². The Morgan fingerprint density at radius 2 is 1.58 bits per heavy atom. The number of fused-ring (bicyclic) bond motifs is 1. The molecular formula is C17H24O2. The van der Waals surface area contributed by atoms with Crippen molar-refractivity contribution in [3.8, 4) is 5.75 Å². The lowest BCUT2D eigenvalue weighted by molar-refractivity contribution is 0.242. The van der Waals surface area contributed by atoms with E-state index in [1.807, 2.05) is 6.07 Å². The van der Waals surface area contributed by atoms with Crippen LogP contribution < -0.4 is 4.74 Å². The summed E-state index contributed by atoms with van der Waals surface area (Å²) in [4.78, 5) is 0. The first kappa shape index (κ1) is 14.0. The highest BCUT2D eigenvalue weighted by atomic mass is 16.5. The monoisotopic (exact) mass is 260 g/mol. The van der Waals surface area contributed by atoms with E-state index in [1.54, 1.807) is 6.26 Å². The Bertz CT molecular complexity index is 562. The quantitative estimate of drug-likeness (QED) is 0.727. The van der Waals surface area contributed by atoms with Crippen molar-refractivity contribution in [1.82, 2.24) is 0 Å². The summed E-state index contributed by atoms with van der Waals surface area (Å²) in [6.45, 7) is 12.9. The molecule has 2 rings (SSSR count). The SMILES string of the molecule is CC(C)Oc1c(C(C)C)cc(C(C)C)c2occc12. The predicted octanol–water partition coefficient (Wildman–Crippen LogP) is 5.47. The van der Waals surface area contributed by atoms with Crippen LogP contribution in [0.2, 0.25) is 0 Å². The van der Waals surface area contributed by atoms with Gasteiger partial charge in [0.05, 0.1) is 17.8 Å². The predicted molar refractivity (Wildman–Crippen MR) is 80.2 cm³/mol. The molecule has 0 radical (unpaired) electrons. The van der Waals surface area contributed by atoms with Crippen LogP contribution in [-0.4, -0.2) is 6.10 Å². The van der Waals surface area contributed by atoms with Gasteiger partial charge in [-0.15, -0.1) is 0 Å². The van der Waals surface area contributed by atoms with Crippen LogP contribution in [0.5, 0.6) is 5.75 Å². The molecule has 0 saturated heterocycles. The van der Waals surface area contributed by atoms with Crippen LogP contribution in [0.15, 0.2) is 22.8 Å². The second-order valence-corrected chi connectivity index (χ2v) is 6.02. The topological polar surface area (TPSA) is 22.4 Å². The highest BCUT2D eigenvalue weighted by Gasteiger charge is 2.19. The lowest BCUT2D eigenvalue weighted by Crippen LogP contribution is -2.09. The van der Waals surface area contributed by atoms with Crippen molar-refractivity contribution < 1.29 is 9.15 Å². The molecule has 0 aliphatic rings. The third-order valence-electron chi connectivity index (χ3n) is 3.34. The molecule has 0 bridgehead atoms. The van der Waals surface area contributed by atoms with Gasteiger partial charge in [-0.25, -0.2) is 0 Å². The average molecular weight is 260 g/mol. The van der Waals surface area contributed by atoms with Gasteiger partial charge in [0.2, 0.25) is 0 Å². The molecule has 0 aliphatic carbocycles. The zero-order chi connectivity index (χ0) is 14.2. The molecule has 1 aromatic heterocycles. The van der Waals surface area contributed by atoms with Crippen LogP contribution in [0, 0.1) is 0 Å². The lowest BCUT2D eigenvalue weighted by atomic mass is 9.92. The Labute approximate surface area is 115 Å². The van der Waals surface area contributed by atoms with Crippen molar-refractivity contribution in [3.63, 3.8) is 0 Å². The zero-order valence-corrected chi connectivity index (χ0v) is 12.8. The Morgan fingerprint density at radius 3 is 2.11 bits per heavy atom. The van der Waals surface area contributed by atoms with E-state index >= 15 is 0 Å². The molecule has 2 nitrogen and oxygen atoms in total. The Morgan fingerprint density at radius 1 is 0.947 bits per heavy atom. The highest BCUT2D eigenvalue weighted by molar-refractivity contribution is 5.89. The lowest BCUT2D eigenvalue weighted by Gasteiger charge is -2.20. The molecule has 0 aliphatic heterocycles. The molecule has 104 valence electrons. The van der Waals surface area contributed by atoms with Crippen LogP contribution in [-0.2, 0) is 0 Å². The number of benzene rings is 1. The minimum Gasteiger partial charge on any atom is -0.490 e. The number of rotatable bonds is 4. The molecule has 0 amide bonds. The fourth-order valence-electron chi connectivity index (χ4n) is 2.39. The van der Waals surface area contributed by atoms with Gasteiger partial charge in [-0.3, -0.25) is 0 Å². The number of furan rings is 1. The number of hydrogen-bond acceptors (Lipinski definition) is 2. The number of ether oxygens (including phenoxy) is 1. The van der Waals surface area contributed by atoms with Crippen LogP contribution in [0.4, 0.5) is 0 Å². The highest BCUT2D eigenvalue weighted by Crippen LogP contribution is 2.40. The Balaban J connectivity index is 2.73. The standard InChI is InChI=1S/C17H24O2/c1-10(2)14-9-15(11(3)4)17(19-12(5)6)13-7-8-18-16(13)14/h7-12H,1-6H3. The van der Waals surface area contributed by atoms with Crippen molar-refractivity contribution in [2.75, 3.05) is 0 Å². The third-order valence-corrected chi connectivity index (χ3v) is 3.34. The van der Waals surface area contributed by atoms with E-state index in [2.05, 4.69) is 47.6 Å². The molecule has 1 heterocycles. The third kappa shape index (κ3) is 2.63. The Hall–Kier alpha value is -1.44. The average Bonchev–Trinajstić information content (AvgIpc) is 2.76. The van der Waals surface area contributed by atoms with Gasteiger partial charge < -0.3 is 9.15 Å². The normalized spacial score (nSPS) is 12.1. The van der Waals surface area contributed by atoms with Gasteiger partial charge in [-0.05, 0) is 48.9 Å². The molecule has 0 N–H and O–H groups in total. The van der Waals surface area contributed by atoms with Gasteiger partial charge >= 0.3 is 0 Å². The fraction of sp³-hybridized carbons (Fsp3) is 0.529. The second kappa shape index (κ2) is 5.28. The maximum absolute atomic E-state index is 6.05. The van der Waals surface area contributed by atoms with Crippen molar-refractivity contribution in [2.24, 2.45) is 0 Å². The fourth-order valence-corrected chi connectivity index (χ4v) is 2.39. The summed E-state index contributed by atoms with van der Waals surface area (Å²) in [5, 5.41) is 1.10. The van der Waals surface area contributed by atoms with Crippen LogP contribution >= 0.6 is 0 Å². The summed E-state index contributed by atoms with van der Waals surface area (Å²) in [7, 11) is 0. The largest absolute Gasteiger partial charge is 0.490 e. The molecule has 0 saturated carbocycles. The summed E-state index contributed by atoms with van der Waals surface area (Å²) in [5.41, 5.74) is 3.50. The summed E-state index contributed by atoms with van der Waals surface area (Å²) < 4.78 is 11.7. The van der Waals surface area contributed by atoms with Gasteiger partial charge in [0.1, 0.15) is 11.3 Å². The number of hydrogen-bond donors (Lipinski definition) is 0. The molecule has 2 aromatic rings.